The van der Waals surface area contributed by atoms with Gasteiger partial charge in [0.2, 0.25) is 0 Å². The number of ketones is 2. The lowest BCUT2D eigenvalue weighted by molar-refractivity contribution is -0.912. The van der Waals surface area contributed by atoms with E-state index in [0.29, 0.717) is 25.9 Å². The number of hydrogen-bond acceptors (Lipinski definition) is 19. The Morgan fingerprint density at radius 2 is 0.810 bits per heavy atom. The summed E-state index contributed by atoms with van der Waals surface area (Å²) in [5, 5.41) is 35.8. The van der Waals surface area contributed by atoms with E-state index in [-0.39, 0.29) is 113 Å². The van der Waals surface area contributed by atoms with Crippen molar-refractivity contribution in [3.63, 3.8) is 0 Å². The van der Waals surface area contributed by atoms with Crippen molar-refractivity contribution in [2.24, 2.45) is 0 Å². The van der Waals surface area contributed by atoms with E-state index in [0.717, 1.165) is 22.3 Å². The molecule has 0 aliphatic rings. The third-order valence-corrected chi connectivity index (χ3v) is 12.1. The van der Waals surface area contributed by atoms with Gasteiger partial charge in [-0.2, -0.15) is 0 Å². The molecule has 2 atom stereocenters. The van der Waals surface area contributed by atoms with Crippen LogP contribution in [0.3, 0.4) is 0 Å². The van der Waals surface area contributed by atoms with Crippen LogP contribution in [0.2, 0.25) is 0 Å². The van der Waals surface area contributed by atoms with E-state index in [1.807, 2.05) is 96.9 Å². The van der Waals surface area contributed by atoms with Gasteiger partial charge in [0.1, 0.15) is 89.4 Å². The number of rotatable bonds is 35. The molecule has 2 unspecified atom stereocenters. The zero-order valence-electron chi connectivity index (χ0n) is 45.0. The summed E-state index contributed by atoms with van der Waals surface area (Å²) >= 11 is 3.18. The van der Waals surface area contributed by atoms with Crippen LogP contribution in [0.1, 0.15) is 60.8 Å². The van der Waals surface area contributed by atoms with Gasteiger partial charge in [0, 0.05) is 31.3 Å². The number of aliphatic hydroxyl groups is 4. The van der Waals surface area contributed by atoms with Gasteiger partial charge < -0.3 is 58.2 Å². The molecule has 79 heavy (non-hydrogen) atoms. The Bertz CT molecular complexity index is 2370. The Morgan fingerprint density at radius 1 is 0.468 bits per heavy atom. The van der Waals surface area contributed by atoms with Crippen molar-refractivity contribution in [1.29, 1.82) is 0 Å². The van der Waals surface area contributed by atoms with E-state index >= 15 is 0 Å². The number of ether oxygens (including phenoxy) is 6. The predicted molar refractivity (Wildman–Crippen MR) is 293 cm³/mol. The fourth-order valence-electron chi connectivity index (χ4n) is 7.05. The second-order valence-electron chi connectivity index (χ2n) is 18.2. The lowest BCUT2D eigenvalue weighted by Gasteiger charge is -2.36. The van der Waals surface area contributed by atoms with Crippen LogP contribution < -0.4 is 0 Å². The molecule has 0 saturated heterocycles. The Labute approximate surface area is 470 Å². The van der Waals surface area contributed by atoms with Crippen LogP contribution in [0.5, 0.6) is 0 Å². The van der Waals surface area contributed by atoms with Gasteiger partial charge in [-0.15, -0.1) is 0 Å². The number of benzene rings is 4. The van der Waals surface area contributed by atoms with Crippen LogP contribution in [0, 0.1) is 0 Å². The van der Waals surface area contributed by atoms with Crippen molar-refractivity contribution in [2.75, 3.05) is 91.8 Å². The molecular weight excluding hydrogens is 1090 g/mol. The first-order chi connectivity index (χ1) is 38.0. The number of alkyl halides is 1. The highest BCUT2D eigenvalue weighted by Crippen LogP contribution is 2.13. The Balaban J connectivity index is 0.000000480. The molecule has 0 saturated carbocycles. The molecule has 4 aromatic rings. The van der Waals surface area contributed by atoms with Gasteiger partial charge in [0.15, 0.2) is 6.10 Å². The van der Waals surface area contributed by atoms with Crippen molar-refractivity contribution in [2.45, 2.75) is 76.8 Å². The third-order valence-electron chi connectivity index (χ3n) is 11.3. The second-order valence-corrected chi connectivity index (χ2v) is 18.9. The van der Waals surface area contributed by atoms with Gasteiger partial charge in [-0.05, 0) is 42.1 Å². The highest BCUT2D eigenvalue weighted by Gasteiger charge is 2.30. The normalized spacial score (nSPS) is 11.5. The Kier molecular flexibility index (Phi) is 35.8. The maximum Gasteiger partial charge on any atom is 0.317 e. The van der Waals surface area contributed by atoms with Crippen LogP contribution >= 0.6 is 15.9 Å². The zero-order valence-corrected chi connectivity index (χ0v) is 46.6. The summed E-state index contributed by atoms with van der Waals surface area (Å²) < 4.78 is 31.1. The highest BCUT2D eigenvalue weighted by molar-refractivity contribution is 9.09. The molecule has 4 aromatic carbocycles. The van der Waals surface area contributed by atoms with E-state index in [1.54, 1.807) is 43.4 Å². The van der Waals surface area contributed by atoms with Gasteiger partial charge >= 0.3 is 35.8 Å². The second kappa shape index (κ2) is 41.3. The van der Waals surface area contributed by atoms with Gasteiger partial charge in [0.05, 0.1) is 33.5 Å². The molecule has 20 nitrogen and oxygen atoms in total. The van der Waals surface area contributed by atoms with Crippen LogP contribution in [-0.2, 0) is 92.8 Å². The van der Waals surface area contributed by atoms with Crippen molar-refractivity contribution < 1.29 is 91.7 Å². The summed E-state index contributed by atoms with van der Waals surface area (Å²) in [5.41, 5.74) is 3.57. The van der Waals surface area contributed by atoms with Crippen molar-refractivity contribution in [3.05, 3.63) is 144 Å². The molecule has 432 valence electrons. The topological polar surface area (TPSA) is 276 Å². The van der Waals surface area contributed by atoms with E-state index in [4.69, 9.17) is 38.6 Å². The average molecular weight is 1170 g/mol. The molecule has 0 aliphatic carbocycles. The number of aliphatic hydroxyl groups excluding tert-OH is 4. The minimum Gasteiger partial charge on any atom is -0.461 e. The molecule has 0 heterocycles. The average Bonchev–Trinajstić information content (AvgIpc) is 3.43. The van der Waals surface area contributed by atoms with E-state index in [2.05, 4.69) is 15.9 Å². The van der Waals surface area contributed by atoms with Crippen molar-refractivity contribution >= 4 is 63.3 Å². The quantitative estimate of drug-likeness (QED) is 0.0166. The molecule has 21 heteroatoms. The standard InChI is InChI=1S/C29H38NO9.C24H25BrO7.C5H13NO2/c1-30(14-16-31,15-17-32)20-26(39-29(36)18-25(33)13-12-23-8-4-2-5-9-23)22-38-28(35)19-27(34)37-21-24-10-6-3-7-11-24;25-15-21(32-24(29)13-20(26)12-11-18-7-3-1-4-8-18)17-31-23(28)14-22(27)30-16-19-9-5-2-6-10-19;1-6(2-4-7)3-5-8/h2-11,26,31-32H,12-22H2,1H3;1-10,21H,11-17H2;7-8H,2-5H2,1H3/q+1;;. The fourth-order valence-corrected chi connectivity index (χ4v) is 7.37. The molecule has 0 aliphatic heterocycles. The number of esters is 6. The molecule has 4 N–H and O–H groups in total. The number of hydrogen-bond donors (Lipinski definition) is 4. The monoisotopic (exact) mass is 1170 g/mol. The lowest BCUT2D eigenvalue weighted by atomic mass is 10.1. The molecule has 0 fully saturated rings. The summed E-state index contributed by atoms with van der Waals surface area (Å²) in [4.78, 5) is 98.6. The number of likely N-dealkylation sites (N-methyl/N-ethyl adjacent to an activating group) is 2. The maximum absolute atomic E-state index is 12.6. The summed E-state index contributed by atoms with van der Waals surface area (Å²) in [6.45, 7) is 1.35. The molecule has 0 amide bonds. The number of quaternary nitrogens is 1. The highest BCUT2D eigenvalue weighted by atomic mass is 79.9. The number of aryl methyl sites for hydroxylation is 2. The Hall–Kier alpha value is -6.72. The largest absolute Gasteiger partial charge is 0.461 e. The Morgan fingerprint density at radius 3 is 1.16 bits per heavy atom. The molecule has 0 radical (unpaired) electrons. The molecule has 0 spiro atoms. The number of carbonyl (C=O) groups is 8. The minimum absolute atomic E-state index is 0.0175. The van der Waals surface area contributed by atoms with Crippen molar-refractivity contribution in [3.8, 4) is 0 Å². The molecule has 0 aromatic heterocycles. The lowest BCUT2D eigenvalue weighted by Crippen LogP contribution is -2.54. The van der Waals surface area contributed by atoms with E-state index < -0.39 is 67.3 Å². The first kappa shape index (κ1) is 68.4. The first-order valence-corrected chi connectivity index (χ1v) is 26.8. The van der Waals surface area contributed by atoms with Crippen molar-refractivity contribution in [1.82, 2.24) is 4.90 Å². The number of nitrogens with zero attached hydrogens (tertiary/aromatic N) is 2. The first-order valence-electron chi connectivity index (χ1n) is 25.7. The van der Waals surface area contributed by atoms with E-state index in [1.165, 1.54) is 0 Å². The van der Waals surface area contributed by atoms with Gasteiger partial charge in [0.25, 0.3) is 0 Å². The van der Waals surface area contributed by atoms with Crippen LogP contribution in [-0.4, -0.2) is 181 Å². The molecule has 0 bridgehead atoms. The summed E-state index contributed by atoms with van der Waals surface area (Å²) in [5.74, 6) is -5.09. The molecular formula is C58H76BrN2O18+. The van der Waals surface area contributed by atoms with Crippen LogP contribution in [0.25, 0.3) is 0 Å². The predicted octanol–water partition coefficient (Wildman–Crippen LogP) is 4.06. The number of Topliss-reactive ketones (excluding diaryl/α,β-unsaturated/α-hetero) is 2. The zero-order chi connectivity index (χ0) is 58.1. The fraction of sp³-hybridized carbons (Fsp3) is 0.448. The van der Waals surface area contributed by atoms with Gasteiger partial charge in [-0.1, -0.05) is 137 Å². The SMILES string of the molecule is CN(CCO)CCO.C[N+](CCO)(CCO)CC(COC(=O)CC(=O)OCc1ccccc1)OC(=O)CC(=O)CCc1ccccc1.O=C(CCc1ccccc1)CC(=O)OC(CBr)COC(=O)CC(=O)OCc1ccccc1. The smallest absolute Gasteiger partial charge is 0.317 e. The van der Waals surface area contributed by atoms with Crippen LogP contribution in [0.4, 0.5) is 0 Å². The van der Waals surface area contributed by atoms with Gasteiger partial charge in [-0.25, -0.2) is 0 Å². The molecule has 4 rings (SSSR count). The number of carbonyl (C=O) groups excluding carboxylic acids is 8. The third kappa shape index (κ3) is 34.0. The number of halogens is 1. The van der Waals surface area contributed by atoms with Gasteiger partial charge in [-0.3, -0.25) is 38.4 Å². The maximum atomic E-state index is 12.6. The summed E-state index contributed by atoms with van der Waals surface area (Å²) in [6.07, 6.45) is -2.24. The summed E-state index contributed by atoms with van der Waals surface area (Å²) in [7, 11) is 3.60. The minimum atomic E-state index is -0.966. The van der Waals surface area contributed by atoms with Crippen LogP contribution in [0.15, 0.2) is 121 Å². The van der Waals surface area contributed by atoms with E-state index in [9.17, 15) is 48.6 Å². The summed E-state index contributed by atoms with van der Waals surface area (Å²) in [6, 6.07) is 37.0.